The van der Waals surface area contributed by atoms with Crippen LogP contribution in [0.2, 0.25) is 0 Å². The van der Waals surface area contributed by atoms with Crippen molar-refractivity contribution >= 4 is 17.7 Å². The monoisotopic (exact) mass is 261 g/mol. The van der Waals surface area contributed by atoms with Crippen molar-refractivity contribution in [2.45, 2.75) is 26.0 Å². The zero-order chi connectivity index (χ0) is 13.8. The van der Waals surface area contributed by atoms with Crippen LogP contribution in [0.1, 0.15) is 18.9 Å². The van der Waals surface area contributed by atoms with Crippen LogP contribution in [-0.4, -0.2) is 35.1 Å². The van der Waals surface area contributed by atoms with Crippen molar-refractivity contribution in [3.8, 4) is 0 Å². The van der Waals surface area contributed by atoms with Gasteiger partial charge in [-0.2, -0.15) is 0 Å². The van der Waals surface area contributed by atoms with Gasteiger partial charge in [0.15, 0.2) is 5.78 Å². The number of carbonyl (C=O) groups is 3. The standard InChI is InChI=1S/C14H15NO4/c1-10(16)15-8-12(17)7-13(15)14(18)19-9-11-5-3-2-4-6-11/h2-6,13H,7-9H2,1H3/t13-/m0/s1. The van der Waals surface area contributed by atoms with Crippen LogP contribution in [0.25, 0.3) is 0 Å². The number of hydrogen-bond donors (Lipinski definition) is 0. The van der Waals surface area contributed by atoms with Crippen molar-refractivity contribution in [1.82, 2.24) is 4.90 Å². The molecule has 5 nitrogen and oxygen atoms in total. The average molecular weight is 261 g/mol. The number of ether oxygens (including phenoxy) is 1. The fourth-order valence-electron chi connectivity index (χ4n) is 2.06. The molecule has 1 atom stereocenters. The number of Topliss-reactive ketones (excluding diaryl/α,β-unsaturated/α-hetero) is 1. The number of rotatable bonds is 3. The normalized spacial score (nSPS) is 18.5. The molecule has 0 radical (unpaired) electrons. The molecule has 1 aromatic rings. The molecule has 0 N–H and O–H groups in total. The SMILES string of the molecule is CC(=O)N1CC(=O)C[C@H]1C(=O)OCc1ccccc1. The third kappa shape index (κ3) is 3.19. The van der Waals surface area contributed by atoms with E-state index in [1.165, 1.54) is 11.8 Å². The van der Waals surface area contributed by atoms with E-state index in [0.717, 1.165) is 5.56 Å². The maximum Gasteiger partial charge on any atom is 0.329 e. The van der Waals surface area contributed by atoms with Gasteiger partial charge in [-0.15, -0.1) is 0 Å². The van der Waals surface area contributed by atoms with E-state index in [9.17, 15) is 14.4 Å². The van der Waals surface area contributed by atoms with Gasteiger partial charge in [-0.05, 0) is 5.56 Å². The Kier molecular flexibility index (Phi) is 3.94. The van der Waals surface area contributed by atoms with Crippen molar-refractivity contribution in [3.05, 3.63) is 35.9 Å². The van der Waals surface area contributed by atoms with Crippen LogP contribution >= 0.6 is 0 Å². The molecule has 1 amide bonds. The Morgan fingerprint density at radius 3 is 2.63 bits per heavy atom. The van der Waals surface area contributed by atoms with E-state index in [4.69, 9.17) is 4.74 Å². The minimum atomic E-state index is -0.770. The molecular formula is C14H15NO4. The molecule has 0 bridgehead atoms. The number of amides is 1. The lowest BCUT2D eigenvalue weighted by molar-refractivity contribution is -0.154. The van der Waals surface area contributed by atoms with Gasteiger partial charge in [-0.1, -0.05) is 30.3 Å². The van der Waals surface area contributed by atoms with E-state index < -0.39 is 12.0 Å². The van der Waals surface area contributed by atoms with Crippen molar-refractivity contribution in [3.63, 3.8) is 0 Å². The summed E-state index contributed by atoms with van der Waals surface area (Å²) >= 11 is 0. The quantitative estimate of drug-likeness (QED) is 0.759. The third-order valence-electron chi connectivity index (χ3n) is 3.04. The summed E-state index contributed by atoms with van der Waals surface area (Å²) in [4.78, 5) is 35.9. The highest BCUT2D eigenvalue weighted by Crippen LogP contribution is 2.16. The first kappa shape index (κ1) is 13.3. The molecule has 1 aromatic carbocycles. The van der Waals surface area contributed by atoms with E-state index in [1.807, 2.05) is 30.3 Å². The third-order valence-corrected chi connectivity index (χ3v) is 3.04. The Balaban J connectivity index is 1.96. The highest BCUT2D eigenvalue weighted by Gasteiger charge is 2.38. The van der Waals surface area contributed by atoms with Crippen LogP contribution in [-0.2, 0) is 25.7 Å². The summed E-state index contributed by atoms with van der Waals surface area (Å²) in [5.41, 5.74) is 0.870. The van der Waals surface area contributed by atoms with E-state index in [0.29, 0.717) is 0 Å². The molecule has 19 heavy (non-hydrogen) atoms. The fourth-order valence-corrected chi connectivity index (χ4v) is 2.06. The first-order valence-corrected chi connectivity index (χ1v) is 6.07. The number of ketones is 1. The van der Waals surface area contributed by atoms with Crippen LogP contribution in [0.5, 0.6) is 0 Å². The van der Waals surface area contributed by atoms with Crippen LogP contribution in [0, 0.1) is 0 Å². The van der Waals surface area contributed by atoms with Gasteiger partial charge in [-0.25, -0.2) is 4.79 Å². The second-order valence-corrected chi connectivity index (χ2v) is 4.50. The lowest BCUT2D eigenvalue weighted by atomic mass is 10.2. The van der Waals surface area contributed by atoms with Gasteiger partial charge in [0.05, 0.1) is 6.54 Å². The minimum absolute atomic E-state index is 0.000434. The van der Waals surface area contributed by atoms with Crippen LogP contribution < -0.4 is 0 Å². The number of benzene rings is 1. The molecule has 2 rings (SSSR count). The molecule has 0 unspecified atom stereocenters. The van der Waals surface area contributed by atoms with E-state index in [-0.39, 0.29) is 31.3 Å². The molecular weight excluding hydrogens is 246 g/mol. The number of likely N-dealkylation sites (tertiary alicyclic amines) is 1. The smallest absolute Gasteiger partial charge is 0.329 e. The molecule has 1 fully saturated rings. The van der Waals surface area contributed by atoms with Gasteiger partial charge in [-0.3, -0.25) is 9.59 Å². The van der Waals surface area contributed by atoms with Gasteiger partial charge in [0, 0.05) is 13.3 Å². The Bertz CT molecular complexity index is 497. The maximum absolute atomic E-state index is 11.9. The number of carbonyl (C=O) groups excluding carboxylic acids is 3. The molecule has 100 valence electrons. The Hall–Kier alpha value is -2.17. The zero-order valence-electron chi connectivity index (χ0n) is 10.7. The van der Waals surface area contributed by atoms with Gasteiger partial charge in [0.2, 0.25) is 5.91 Å². The number of hydrogen-bond acceptors (Lipinski definition) is 4. The van der Waals surface area contributed by atoms with Crippen molar-refractivity contribution in [1.29, 1.82) is 0 Å². The molecule has 1 aliphatic heterocycles. The minimum Gasteiger partial charge on any atom is -0.459 e. The zero-order valence-corrected chi connectivity index (χ0v) is 10.7. The van der Waals surface area contributed by atoms with E-state index >= 15 is 0 Å². The summed E-state index contributed by atoms with van der Waals surface area (Å²) in [5, 5.41) is 0. The van der Waals surface area contributed by atoms with Gasteiger partial charge in [0.1, 0.15) is 12.6 Å². The molecule has 1 heterocycles. The summed E-state index contributed by atoms with van der Waals surface area (Å²) < 4.78 is 5.16. The predicted octanol–water partition coefficient (Wildman–Crippen LogP) is 0.920. The molecule has 0 aliphatic carbocycles. The summed E-state index contributed by atoms with van der Waals surface area (Å²) in [5.74, 6) is -0.922. The summed E-state index contributed by atoms with van der Waals surface area (Å²) in [7, 11) is 0. The molecule has 1 saturated heterocycles. The van der Waals surface area contributed by atoms with Gasteiger partial charge < -0.3 is 9.64 Å². The molecule has 5 heteroatoms. The number of nitrogens with zero attached hydrogens (tertiary/aromatic N) is 1. The second kappa shape index (κ2) is 5.65. The summed E-state index contributed by atoms with van der Waals surface area (Å²) in [6.07, 6.45) is 0.0488. The lowest BCUT2D eigenvalue weighted by Crippen LogP contribution is -2.40. The van der Waals surface area contributed by atoms with Crippen molar-refractivity contribution in [2.24, 2.45) is 0 Å². The van der Waals surface area contributed by atoms with E-state index in [1.54, 1.807) is 0 Å². The van der Waals surface area contributed by atoms with Crippen LogP contribution in [0.4, 0.5) is 0 Å². The van der Waals surface area contributed by atoms with E-state index in [2.05, 4.69) is 0 Å². The highest BCUT2D eigenvalue weighted by atomic mass is 16.5. The van der Waals surface area contributed by atoms with Crippen molar-refractivity contribution < 1.29 is 19.1 Å². The highest BCUT2D eigenvalue weighted by molar-refractivity contribution is 5.96. The van der Waals surface area contributed by atoms with Crippen molar-refractivity contribution in [2.75, 3.05) is 6.54 Å². The average Bonchev–Trinajstić information content (AvgIpc) is 2.79. The van der Waals surface area contributed by atoms with Gasteiger partial charge in [0.25, 0.3) is 0 Å². The predicted molar refractivity (Wildman–Crippen MR) is 67.0 cm³/mol. The number of esters is 1. The first-order chi connectivity index (χ1) is 9.08. The fraction of sp³-hybridized carbons (Fsp3) is 0.357. The largest absolute Gasteiger partial charge is 0.459 e. The second-order valence-electron chi connectivity index (χ2n) is 4.50. The topological polar surface area (TPSA) is 63.7 Å². The van der Waals surface area contributed by atoms with Gasteiger partial charge >= 0.3 is 5.97 Å². The Morgan fingerprint density at radius 2 is 2.00 bits per heavy atom. The molecule has 0 spiro atoms. The summed E-state index contributed by atoms with van der Waals surface area (Å²) in [6.45, 7) is 1.49. The molecule has 1 aliphatic rings. The molecule has 0 aromatic heterocycles. The lowest BCUT2D eigenvalue weighted by Gasteiger charge is -2.20. The first-order valence-electron chi connectivity index (χ1n) is 6.07. The van der Waals surface area contributed by atoms with Crippen LogP contribution in [0.15, 0.2) is 30.3 Å². The Labute approximate surface area is 111 Å². The Morgan fingerprint density at radius 1 is 1.32 bits per heavy atom. The summed E-state index contributed by atoms with van der Waals surface area (Å²) in [6, 6.07) is 8.49. The molecule has 0 saturated carbocycles. The van der Waals surface area contributed by atoms with Crippen LogP contribution in [0.3, 0.4) is 0 Å². The maximum atomic E-state index is 11.9.